The van der Waals surface area contributed by atoms with Crippen molar-refractivity contribution in [2.45, 2.75) is 43.1 Å². The summed E-state index contributed by atoms with van der Waals surface area (Å²) in [6.45, 7) is 0.134. The molecule has 1 aromatic rings. The van der Waals surface area contributed by atoms with E-state index in [0.717, 1.165) is 19.1 Å². The highest BCUT2D eigenvalue weighted by atomic mass is 32.2. The van der Waals surface area contributed by atoms with Gasteiger partial charge in [0.25, 0.3) is 5.69 Å². The van der Waals surface area contributed by atoms with Gasteiger partial charge in [-0.25, -0.2) is 17.9 Å². The minimum Gasteiger partial charge on any atom is -0.478 e. The smallest absolute Gasteiger partial charge is 0.370 e. The number of hydrogen-bond donors (Lipinski definition) is 6. The summed E-state index contributed by atoms with van der Waals surface area (Å²) < 4.78 is 32.9. The van der Waals surface area contributed by atoms with Crippen LogP contribution in [0.2, 0.25) is 0 Å². The highest BCUT2D eigenvalue weighted by molar-refractivity contribution is 7.88. The van der Waals surface area contributed by atoms with E-state index in [1.807, 2.05) is 0 Å². The molecule has 1 aliphatic rings. The van der Waals surface area contributed by atoms with Crippen molar-refractivity contribution in [2.24, 2.45) is 0 Å². The van der Waals surface area contributed by atoms with Crippen molar-refractivity contribution in [3.05, 3.63) is 51.8 Å². The maximum atomic E-state index is 12.8. The second kappa shape index (κ2) is 10.7. The number of benzene rings is 1. The Morgan fingerprint density at radius 3 is 2.45 bits per heavy atom. The third kappa shape index (κ3) is 6.69. The number of nitro groups is 1. The lowest BCUT2D eigenvalue weighted by Crippen LogP contribution is -2.63. The molecule has 0 bridgehead atoms. The molecule has 1 unspecified atom stereocenters. The predicted octanol–water partition coefficient (Wildman–Crippen LogP) is -2.03. The molecule has 33 heavy (non-hydrogen) atoms. The van der Waals surface area contributed by atoms with Crippen molar-refractivity contribution >= 4 is 27.6 Å². The topological polar surface area (TPSA) is 226 Å². The summed E-state index contributed by atoms with van der Waals surface area (Å²) >= 11 is 0. The number of nitro benzene ring substituents is 1. The molecule has 0 aromatic heterocycles. The minimum absolute atomic E-state index is 0.145. The van der Waals surface area contributed by atoms with Crippen LogP contribution in [-0.2, 0) is 30.1 Å². The summed E-state index contributed by atoms with van der Waals surface area (Å²) in [7, 11) is -4.38. The first-order chi connectivity index (χ1) is 15.4. The Labute approximate surface area is 187 Å². The number of ether oxygens (including phenoxy) is 1. The van der Waals surface area contributed by atoms with Crippen molar-refractivity contribution in [1.29, 1.82) is 0 Å². The highest BCUT2D eigenvalue weighted by Crippen LogP contribution is 2.25. The van der Waals surface area contributed by atoms with Gasteiger partial charge in [0.05, 0.1) is 29.4 Å². The zero-order valence-corrected chi connectivity index (χ0v) is 18.0. The first-order valence-electron chi connectivity index (χ1n) is 9.44. The third-order valence-corrected chi connectivity index (χ3v) is 6.01. The second-order valence-corrected chi connectivity index (χ2v) is 8.93. The summed E-state index contributed by atoms with van der Waals surface area (Å²) in [4.78, 5) is 33.6. The van der Waals surface area contributed by atoms with Gasteiger partial charge in [0.1, 0.15) is 18.3 Å². The highest BCUT2D eigenvalue weighted by Gasteiger charge is 2.44. The van der Waals surface area contributed by atoms with E-state index in [1.165, 1.54) is 18.2 Å². The summed E-state index contributed by atoms with van der Waals surface area (Å²) in [6, 6.07) is 2.19. The Kier molecular flexibility index (Phi) is 8.45. The molecule has 1 aliphatic heterocycles. The second-order valence-electron chi connectivity index (χ2n) is 7.17. The van der Waals surface area contributed by atoms with E-state index in [9.17, 15) is 43.4 Å². The molecule has 6 N–H and O–H groups in total. The van der Waals surface area contributed by atoms with Crippen LogP contribution in [0.1, 0.15) is 12.5 Å². The van der Waals surface area contributed by atoms with Gasteiger partial charge < -0.3 is 30.5 Å². The molecule has 5 atom stereocenters. The number of aliphatic hydroxyl groups excluding tert-OH is 3. The Morgan fingerprint density at radius 1 is 1.27 bits per heavy atom. The average Bonchev–Trinajstić information content (AvgIpc) is 2.72. The number of nitrogens with zero attached hydrogens (tertiary/aromatic N) is 1. The molecular formula is C18H23N3O11S. The number of carboxylic acid groups (broad SMARTS) is 1. The van der Waals surface area contributed by atoms with Gasteiger partial charge in [-0.05, 0) is 6.08 Å². The largest absolute Gasteiger partial charge is 0.478 e. The van der Waals surface area contributed by atoms with E-state index in [4.69, 9.17) is 9.84 Å². The van der Waals surface area contributed by atoms with Crippen LogP contribution in [0.4, 0.5) is 5.69 Å². The zero-order chi connectivity index (χ0) is 24.9. The first-order valence-corrected chi connectivity index (χ1v) is 11.1. The van der Waals surface area contributed by atoms with Crippen molar-refractivity contribution in [3.63, 3.8) is 0 Å². The number of hydrogen-bond acceptors (Lipinski definition) is 10. The van der Waals surface area contributed by atoms with Crippen molar-refractivity contribution < 1.29 is 48.1 Å². The van der Waals surface area contributed by atoms with Gasteiger partial charge in [0.15, 0.2) is 0 Å². The number of amides is 1. The predicted molar refractivity (Wildman–Crippen MR) is 110 cm³/mol. The molecule has 1 heterocycles. The van der Waals surface area contributed by atoms with E-state index in [-0.39, 0.29) is 5.56 Å². The molecule has 1 amide bonds. The van der Waals surface area contributed by atoms with Crippen LogP contribution in [0.3, 0.4) is 0 Å². The summed E-state index contributed by atoms with van der Waals surface area (Å²) in [6.07, 6.45) is -4.55. The fourth-order valence-corrected chi connectivity index (χ4v) is 4.61. The Balaban J connectivity index is 2.44. The molecule has 15 heteroatoms. The monoisotopic (exact) mass is 489 g/mol. The van der Waals surface area contributed by atoms with Crippen LogP contribution in [0.15, 0.2) is 36.1 Å². The van der Waals surface area contributed by atoms with E-state index < -0.39 is 81.0 Å². The Hall–Kier alpha value is -3.11. The van der Waals surface area contributed by atoms with Crippen molar-refractivity contribution in [3.8, 4) is 0 Å². The Bertz CT molecular complexity index is 1040. The third-order valence-electron chi connectivity index (χ3n) is 4.68. The van der Waals surface area contributed by atoms with Crippen LogP contribution in [0, 0.1) is 10.1 Å². The number of sulfonamides is 1. The molecule has 0 saturated carbocycles. The number of aliphatic carboxylic acids is 1. The number of rotatable bonds is 10. The lowest BCUT2D eigenvalue weighted by Gasteiger charge is -2.39. The maximum Gasteiger partial charge on any atom is 0.370 e. The van der Waals surface area contributed by atoms with Gasteiger partial charge in [0.2, 0.25) is 21.7 Å². The molecule has 182 valence electrons. The van der Waals surface area contributed by atoms with Gasteiger partial charge in [-0.1, -0.05) is 18.2 Å². The number of carbonyl (C=O) groups is 2. The Morgan fingerprint density at radius 2 is 1.91 bits per heavy atom. The lowest BCUT2D eigenvalue weighted by atomic mass is 9.92. The lowest BCUT2D eigenvalue weighted by molar-refractivity contribution is -0.385. The fraction of sp³-hybridized carbons (Fsp3) is 0.444. The quantitative estimate of drug-likeness (QED) is 0.155. The SMILES string of the molecule is CC(=O)N[C@H]1[C@H]([C@H](O)C(O)CO)OC(C(=O)O)=C[C@@H]1NS(=O)(=O)Cc1ccccc1[N+](=O)[O-]. The molecule has 0 fully saturated rings. The summed E-state index contributed by atoms with van der Waals surface area (Å²) in [5.41, 5.74) is -0.595. The number of nitrogens with one attached hydrogen (secondary N) is 2. The molecule has 0 aliphatic carbocycles. The van der Waals surface area contributed by atoms with Crippen LogP contribution < -0.4 is 10.0 Å². The van der Waals surface area contributed by atoms with E-state index in [0.29, 0.717) is 0 Å². The zero-order valence-electron chi connectivity index (χ0n) is 17.2. The molecule has 1 aromatic carbocycles. The number of para-hydroxylation sites is 1. The standard InChI is InChI=1S/C18H23N3O11S/c1-9(23)19-15-11(6-14(18(26)27)32-17(15)16(25)13(24)7-22)20-33(30,31)8-10-4-2-3-5-12(10)21(28)29/h2-6,11,13,15-17,20,22,24-25H,7-8H2,1H3,(H,19,23)(H,26,27)/t11-,13?,15+,16+,17+/m0/s1. The first kappa shape index (κ1) is 26.1. The molecular weight excluding hydrogens is 466 g/mol. The fourth-order valence-electron chi connectivity index (χ4n) is 3.24. The van der Waals surface area contributed by atoms with E-state index in [2.05, 4.69) is 10.0 Å². The minimum atomic E-state index is -4.38. The molecule has 2 rings (SSSR count). The molecule has 0 spiro atoms. The molecule has 0 radical (unpaired) electrons. The number of carboxylic acids is 1. The van der Waals surface area contributed by atoms with Crippen molar-refractivity contribution in [1.82, 2.24) is 10.0 Å². The maximum absolute atomic E-state index is 12.8. The van der Waals surface area contributed by atoms with Gasteiger partial charge >= 0.3 is 5.97 Å². The normalized spacial score (nSPS) is 22.4. The summed E-state index contributed by atoms with van der Waals surface area (Å²) in [5, 5.41) is 52.1. The summed E-state index contributed by atoms with van der Waals surface area (Å²) in [5.74, 6) is -3.97. The van der Waals surface area contributed by atoms with E-state index >= 15 is 0 Å². The number of carbonyl (C=O) groups excluding carboxylic acids is 1. The van der Waals surface area contributed by atoms with Gasteiger partial charge in [-0.3, -0.25) is 14.9 Å². The number of aliphatic hydroxyl groups is 3. The molecule has 0 saturated heterocycles. The van der Waals surface area contributed by atoms with Crippen LogP contribution >= 0.6 is 0 Å². The van der Waals surface area contributed by atoms with E-state index in [1.54, 1.807) is 0 Å². The van der Waals surface area contributed by atoms with Gasteiger partial charge in [0, 0.05) is 18.6 Å². The van der Waals surface area contributed by atoms with Crippen molar-refractivity contribution in [2.75, 3.05) is 6.61 Å². The average molecular weight is 489 g/mol. The van der Waals surface area contributed by atoms with Gasteiger partial charge in [-0.15, -0.1) is 0 Å². The molecule has 14 nitrogen and oxygen atoms in total. The van der Waals surface area contributed by atoms with Crippen LogP contribution in [0.5, 0.6) is 0 Å². The van der Waals surface area contributed by atoms with Crippen LogP contribution in [0.25, 0.3) is 0 Å². The van der Waals surface area contributed by atoms with Crippen LogP contribution in [-0.4, -0.2) is 82.6 Å². The van der Waals surface area contributed by atoms with Gasteiger partial charge in [-0.2, -0.15) is 0 Å².